The summed E-state index contributed by atoms with van der Waals surface area (Å²) in [7, 11) is 0. The van der Waals surface area contributed by atoms with Crippen LogP contribution in [-0.4, -0.2) is 19.9 Å². The van der Waals surface area contributed by atoms with Crippen LogP contribution in [0.25, 0.3) is 61.2 Å². The molecule has 0 spiro atoms. The van der Waals surface area contributed by atoms with E-state index in [4.69, 9.17) is 15.0 Å². The van der Waals surface area contributed by atoms with Crippen LogP contribution in [0.2, 0.25) is 0 Å². The van der Waals surface area contributed by atoms with Crippen molar-refractivity contribution in [2.24, 2.45) is 0 Å². The highest BCUT2D eigenvalue weighted by Crippen LogP contribution is 2.36. The number of para-hydroxylation sites is 1. The van der Waals surface area contributed by atoms with Gasteiger partial charge in [0.1, 0.15) is 0 Å². The minimum atomic E-state index is 0.690. The Kier molecular flexibility index (Phi) is 6.03. The van der Waals surface area contributed by atoms with Crippen LogP contribution in [0.3, 0.4) is 0 Å². The largest absolute Gasteiger partial charge is 0.256 e. The highest BCUT2D eigenvalue weighted by atomic mass is 15.0. The lowest BCUT2D eigenvalue weighted by molar-refractivity contribution is 0.882. The maximum absolute atomic E-state index is 5.06. The summed E-state index contributed by atoms with van der Waals surface area (Å²) in [5, 5.41) is 3.51. The van der Waals surface area contributed by atoms with Crippen LogP contribution in [-0.2, 0) is 0 Å². The van der Waals surface area contributed by atoms with Gasteiger partial charge in [-0.1, -0.05) is 103 Å². The van der Waals surface area contributed by atoms with Crippen LogP contribution < -0.4 is 0 Å². The predicted octanol–water partition coefficient (Wildman–Crippen LogP) is 9.40. The van der Waals surface area contributed by atoms with Gasteiger partial charge in [0.25, 0.3) is 0 Å². The van der Waals surface area contributed by atoms with Crippen LogP contribution >= 0.6 is 0 Å². The standard InChI is InChI=1S/C38H28N4/c1-3-9-30-23-32(20-14-25(30)7-1)37-40-36(41-38(42-37)33-21-15-26-8-2-4-10-31(26)24-33)29-18-16-27(17-19-29)34-13-5-11-28-12-6-22-39-35(28)34/h1-3,5-9,11-14,16-20,22-24H,4,10,15,21H2. The van der Waals surface area contributed by atoms with Crippen molar-refractivity contribution in [2.45, 2.75) is 25.7 Å². The average molecular weight is 541 g/mol. The Hall–Kier alpha value is -5.22. The number of pyridine rings is 1. The van der Waals surface area contributed by atoms with Gasteiger partial charge >= 0.3 is 0 Å². The van der Waals surface area contributed by atoms with Crippen molar-refractivity contribution < 1.29 is 0 Å². The lowest BCUT2D eigenvalue weighted by atomic mass is 9.86. The molecule has 8 rings (SSSR count). The molecule has 0 fully saturated rings. The average Bonchev–Trinajstić information content (AvgIpc) is 3.07. The van der Waals surface area contributed by atoms with E-state index in [-0.39, 0.29) is 0 Å². The summed E-state index contributed by atoms with van der Waals surface area (Å²) in [5.74, 6) is 2.16. The molecule has 0 radical (unpaired) electrons. The zero-order valence-corrected chi connectivity index (χ0v) is 23.2. The maximum Gasteiger partial charge on any atom is 0.164 e. The minimum absolute atomic E-state index is 0.690. The highest BCUT2D eigenvalue weighted by molar-refractivity contribution is 5.93. The first-order chi connectivity index (χ1) is 20.8. The van der Waals surface area contributed by atoms with E-state index in [9.17, 15) is 0 Å². The molecule has 4 nitrogen and oxygen atoms in total. The number of allylic oxidation sites excluding steroid dienone is 6. The summed E-state index contributed by atoms with van der Waals surface area (Å²) in [4.78, 5) is 19.8. The molecule has 2 aliphatic rings. The van der Waals surface area contributed by atoms with Gasteiger partial charge < -0.3 is 0 Å². The first-order valence-electron chi connectivity index (χ1n) is 14.6. The Labute approximate surface area is 244 Å². The van der Waals surface area contributed by atoms with Gasteiger partial charge in [0.2, 0.25) is 0 Å². The van der Waals surface area contributed by atoms with Crippen molar-refractivity contribution in [2.75, 3.05) is 0 Å². The van der Waals surface area contributed by atoms with Gasteiger partial charge in [-0.25, -0.2) is 15.0 Å². The third-order valence-electron chi connectivity index (χ3n) is 8.34. The van der Waals surface area contributed by atoms with E-state index in [1.807, 2.05) is 12.3 Å². The van der Waals surface area contributed by atoms with Crippen molar-refractivity contribution in [1.29, 1.82) is 0 Å². The van der Waals surface area contributed by atoms with Crippen molar-refractivity contribution in [3.8, 4) is 33.9 Å². The van der Waals surface area contributed by atoms with E-state index in [1.54, 1.807) is 0 Å². The first kappa shape index (κ1) is 24.6. The Bertz CT molecular complexity index is 2080. The fourth-order valence-corrected chi connectivity index (χ4v) is 6.11. The quantitative estimate of drug-likeness (QED) is 0.223. The number of hydrogen-bond donors (Lipinski definition) is 0. The van der Waals surface area contributed by atoms with Crippen LogP contribution in [0.15, 0.2) is 133 Å². The molecule has 42 heavy (non-hydrogen) atoms. The molecule has 0 atom stereocenters. The molecule has 0 bridgehead atoms. The SMILES string of the molecule is C1=CC2=C(C=C(c3nc(-c4ccc(-c5cccc6cccnc56)cc4)nc(-c4ccc5ccccc5c4)n3)CC2)CC1. The van der Waals surface area contributed by atoms with E-state index >= 15 is 0 Å². The van der Waals surface area contributed by atoms with Gasteiger partial charge in [-0.3, -0.25) is 4.98 Å². The zero-order valence-electron chi connectivity index (χ0n) is 23.2. The van der Waals surface area contributed by atoms with Crippen LogP contribution in [0, 0.1) is 0 Å². The van der Waals surface area contributed by atoms with Gasteiger partial charge in [-0.15, -0.1) is 0 Å². The van der Waals surface area contributed by atoms with Crippen molar-refractivity contribution in [1.82, 2.24) is 19.9 Å². The molecular formula is C38H28N4. The molecule has 2 aromatic heterocycles. The summed E-state index contributed by atoms with van der Waals surface area (Å²) in [6.45, 7) is 0. The lowest BCUT2D eigenvalue weighted by Gasteiger charge is -2.20. The maximum atomic E-state index is 5.06. The molecule has 0 aliphatic heterocycles. The molecule has 0 saturated heterocycles. The van der Waals surface area contributed by atoms with Crippen molar-refractivity contribution in [3.63, 3.8) is 0 Å². The van der Waals surface area contributed by atoms with Crippen molar-refractivity contribution >= 4 is 27.2 Å². The fraction of sp³-hybridized carbons (Fsp3) is 0.105. The van der Waals surface area contributed by atoms with E-state index in [1.165, 1.54) is 27.5 Å². The summed E-state index contributed by atoms with van der Waals surface area (Å²) in [6, 6.07) is 33.7. The second-order valence-electron chi connectivity index (χ2n) is 11.0. The Morgan fingerprint density at radius 3 is 2.17 bits per heavy atom. The number of hydrogen-bond acceptors (Lipinski definition) is 4. The molecule has 4 aromatic carbocycles. The second kappa shape index (κ2) is 10.3. The normalized spacial score (nSPS) is 14.7. The Balaban J connectivity index is 1.24. The van der Waals surface area contributed by atoms with Crippen LogP contribution in [0.4, 0.5) is 0 Å². The Morgan fingerprint density at radius 2 is 1.26 bits per heavy atom. The minimum Gasteiger partial charge on any atom is -0.256 e. The Morgan fingerprint density at radius 1 is 0.524 bits per heavy atom. The predicted molar refractivity (Wildman–Crippen MR) is 172 cm³/mol. The summed E-state index contributed by atoms with van der Waals surface area (Å²) in [6.07, 6.45) is 12.9. The zero-order chi connectivity index (χ0) is 27.9. The summed E-state index contributed by atoms with van der Waals surface area (Å²) >= 11 is 0. The summed E-state index contributed by atoms with van der Waals surface area (Å²) < 4.78 is 0. The van der Waals surface area contributed by atoms with Gasteiger partial charge in [-0.05, 0) is 70.9 Å². The molecule has 4 heteroatoms. The molecule has 0 amide bonds. The molecule has 200 valence electrons. The van der Waals surface area contributed by atoms with Crippen LogP contribution in [0.1, 0.15) is 31.5 Å². The van der Waals surface area contributed by atoms with Crippen LogP contribution in [0.5, 0.6) is 0 Å². The number of nitrogens with zero attached hydrogens (tertiary/aromatic N) is 4. The fourth-order valence-electron chi connectivity index (χ4n) is 6.11. The molecule has 6 aromatic rings. The second-order valence-corrected chi connectivity index (χ2v) is 11.0. The van der Waals surface area contributed by atoms with Gasteiger partial charge in [0.15, 0.2) is 17.5 Å². The van der Waals surface area contributed by atoms with Crippen molar-refractivity contribution in [3.05, 3.63) is 138 Å². The lowest BCUT2D eigenvalue weighted by Crippen LogP contribution is -2.06. The van der Waals surface area contributed by atoms with E-state index in [0.717, 1.165) is 64.7 Å². The number of fused-ring (bicyclic) bond motifs is 2. The topological polar surface area (TPSA) is 51.6 Å². The molecule has 0 saturated carbocycles. The monoisotopic (exact) mass is 540 g/mol. The number of aromatic nitrogens is 4. The molecule has 0 N–H and O–H groups in total. The molecular weight excluding hydrogens is 512 g/mol. The molecule has 2 aliphatic carbocycles. The van der Waals surface area contributed by atoms with Gasteiger partial charge in [0, 0.05) is 28.3 Å². The highest BCUT2D eigenvalue weighted by Gasteiger charge is 2.19. The summed E-state index contributed by atoms with van der Waals surface area (Å²) in [5.41, 5.74) is 9.26. The third kappa shape index (κ3) is 4.51. The van der Waals surface area contributed by atoms with E-state index in [2.05, 4.69) is 114 Å². The molecule has 0 unspecified atom stereocenters. The van der Waals surface area contributed by atoms with Gasteiger partial charge in [0.05, 0.1) is 5.52 Å². The number of rotatable bonds is 4. The number of benzene rings is 4. The van der Waals surface area contributed by atoms with E-state index in [0.29, 0.717) is 11.6 Å². The third-order valence-corrected chi connectivity index (χ3v) is 8.34. The molecule has 2 heterocycles. The van der Waals surface area contributed by atoms with Gasteiger partial charge in [-0.2, -0.15) is 0 Å². The first-order valence-corrected chi connectivity index (χ1v) is 14.6. The smallest absolute Gasteiger partial charge is 0.164 e. The van der Waals surface area contributed by atoms with E-state index < -0.39 is 0 Å².